The Morgan fingerprint density at radius 2 is 1.86 bits per heavy atom. The number of nitrogens with one attached hydrogen (secondary N) is 3. The van der Waals surface area contributed by atoms with Gasteiger partial charge >= 0.3 is 0 Å². The van der Waals surface area contributed by atoms with Crippen molar-refractivity contribution in [3.63, 3.8) is 0 Å². The summed E-state index contributed by atoms with van der Waals surface area (Å²) in [5.74, 6) is 2.13. The van der Waals surface area contributed by atoms with Crippen LogP contribution >= 0.6 is 0 Å². The van der Waals surface area contributed by atoms with E-state index in [1.165, 1.54) is 12.8 Å². The van der Waals surface area contributed by atoms with Crippen LogP contribution in [0.5, 0.6) is 0 Å². The highest BCUT2D eigenvalue weighted by molar-refractivity contribution is 6.01. The van der Waals surface area contributed by atoms with Crippen LogP contribution in [-0.2, 0) is 26.8 Å². The summed E-state index contributed by atoms with van der Waals surface area (Å²) in [6, 6.07) is 8.70. The molecule has 0 bridgehead atoms. The fourth-order valence-electron chi connectivity index (χ4n) is 8.27. The van der Waals surface area contributed by atoms with Gasteiger partial charge in [-0.1, -0.05) is 25.5 Å². The SMILES string of the molecule is Cn1nccc1C(=O)N[C@H](C(=O)Nc1cccc(C2(C(=O)NCC3(C)CCC3)CCOC2)c1)C(C1CC1)C1CC2CC2C1. The van der Waals surface area contributed by atoms with Crippen LogP contribution < -0.4 is 16.0 Å². The Morgan fingerprint density at radius 1 is 1.07 bits per heavy atom. The van der Waals surface area contributed by atoms with Crippen molar-refractivity contribution in [3.05, 3.63) is 47.8 Å². The van der Waals surface area contributed by atoms with Crippen molar-refractivity contribution in [2.45, 2.75) is 76.2 Å². The van der Waals surface area contributed by atoms with Gasteiger partial charge in [-0.15, -0.1) is 0 Å². The molecule has 7 rings (SSSR count). The van der Waals surface area contributed by atoms with E-state index in [0.717, 1.165) is 55.9 Å². The second-order valence-electron chi connectivity index (χ2n) is 14.5. The van der Waals surface area contributed by atoms with Crippen LogP contribution in [0.15, 0.2) is 36.5 Å². The van der Waals surface area contributed by atoms with Crippen molar-refractivity contribution in [3.8, 4) is 0 Å². The molecule has 9 heteroatoms. The molecular formula is C34H45N5O4. The fourth-order valence-corrected chi connectivity index (χ4v) is 8.27. The lowest BCUT2D eigenvalue weighted by atomic mass is 9.70. The van der Waals surface area contributed by atoms with Gasteiger partial charge in [-0.3, -0.25) is 19.1 Å². The van der Waals surface area contributed by atoms with Crippen LogP contribution in [0, 0.1) is 35.0 Å². The Bertz CT molecular complexity index is 1380. The number of carbonyl (C=O) groups is 3. The molecule has 0 radical (unpaired) electrons. The van der Waals surface area contributed by atoms with Gasteiger partial charge in [-0.25, -0.2) is 0 Å². The van der Waals surface area contributed by atoms with Crippen LogP contribution in [0.3, 0.4) is 0 Å². The predicted octanol–water partition coefficient (Wildman–Crippen LogP) is 4.19. The van der Waals surface area contributed by atoms with Crippen LogP contribution in [0.4, 0.5) is 5.69 Å². The van der Waals surface area contributed by atoms with Gasteiger partial charge in [0.05, 0.1) is 12.0 Å². The lowest BCUT2D eigenvalue weighted by molar-refractivity contribution is -0.127. The third-order valence-corrected chi connectivity index (χ3v) is 11.4. The van der Waals surface area contributed by atoms with Gasteiger partial charge in [0.25, 0.3) is 5.91 Å². The molecule has 0 spiro atoms. The molecule has 1 aliphatic heterocycles. The highest BCUT2D eigenvalue weighted by Gasteiger charge is 2.53. The summed E-state index contributed by atoms with van der Waals surface area (Å²) in [7, 11) is 1.74. The summed E-state index contributed by atoms with van der Waals surface area (Å²) in [5, 5.41) is 13.7. The Hall–Kier alpha value is -3.20. The van der Waals surface area contributed by atoms with E-state index in [9.17, 15) is 14.4 Å². The van der Waals surface area contributed by atoms with Crippen molar-refractivity contribution >= 4 is 23.4 Å². The van der Waals surface area contributed by atoms with Crippen LogP contribution in [0.2, 0.25) is 0 Å². The number of carbonyl (C=O) groups excluding carboxylic acids is 3. The number of aryl methyl sites for hydroxylation is 1. The summed E-state index contributed by atoms with van der Waals surface area (Å²) in [4.78, 5) is 41.3. The number of rotatable bonds is 11. The monoisotopic (exact) mass is 587 g/mol. The lowest BCUT2D eigenvalue weighted by Crippen LogP contribution is -2.51. The number of hydrogen-bond acceptors (Lipinski definition) is 5. The molecule has 1 aromatic heterocycles. The molecule has 2 aromatic rings. The first-order valence-corrected chi connectivity index (χ1v) is 16.3. The Morgan fingerprint density at radius 3 is 2.49 bits per heavy atom. The molecular weight excluding hydrogens is 542 g/mol. The summed E-state index contributed by atoms with van der Waals surface area (Å²) in [6.07, 6.45) is 11.5. The van der Waals surface area contributed by atoms with Gasteiger partial charge in [-0.05, 0) is 110 Å². The van der Waals surface area contributed by atoms with Gasteiger partial charge in [0.2, 0.25) is 11.8 Å². The van der Waals surface area contributed by atoms with Gasteiger partial charge in [0.15, 0.2) is 0 Å². The van der Waals surface area contributed by atoms with Crippen molar-refractivity contribution in [2.24, 2.45) is 42.1 Å². The Labute approximate surface area is 253 Å². The molecule has 1 aromatic carbocycles. The molecule has 4 aliphatic carbocycles. The number of amides is 3. The molecule has 1 saturated heterocycles. The average molecular weight is 588 g/mol. The fraction of sp³-hybridized carbons (Fsp3) is 0.647. The first-order chi connectivity index (χ1) is 20.7. The number of nitrogens with zero attached hydrogens (tertiary/aromatic N) is 2. The number of fused-ring (bicyclic) bond motifs is 1. The van der Waals surface area contributed by atoms with E-state index in [4.69, 9.17) is 4.74 Å². The maximum absolute atomic E-state index is 14.2. The second kappa shape index (κ2) is 11.1. The second-order valence-corrected chi connectivity index (χ2v) is 14.5. The van der Waals surface area contributed by atoms with Crippen molar-refractivity contribution < 1.29 is 19.1 Å². The topological polar surface area (TPSA) is 114 Å². The molecule has 9 nitrogen and oxygen atoms in total. The number of hydrogen-bond donors (Lipinski definition) is 3. The quantitative estimate of drug-likeness (QED) is 0.365. The highest BCUT2D eigenvalue weighted by Crippen LogP contribution is 2.59. The number of aromatic nitrogens is 2. The van der Waals surface area contributed by atoms with E-state index in [1.807, 2.05) is 24.3 Å². The first kappa shape index (κ1) is 28.6. The first-order valence-electron chi connectivity index (χ1n) is 16.3. The summed E-state index contributed by atoms with van der Waals surface area (Å²) < 4.78 is 7.33. The van der Waals surface area contributed by atoms with Crippen molar-refractivity contribution in [2.75, 3.05) is 25.1 Å². The van der Waals surface area contributed by atoms with Crippen molar-refractivity contribution in [1.82, 2.24) is 20.4 Å². The molecule has 43 heavy (non-hydrogen) atoms. The summed E-state index contributed by atoms with van der Waals surface area (Å²) >= 11 is 0. The third-order valence-electron chi connectivity index (χ3n) is 11.4. The highest BCUT2D eigenvalue weighted by atomic mass is 16.5. The third kappa shape index (κ3) is 5.61. The zero-order chi connectivity index (χ0) is 29.8. The molecule has 4 unspecified atom stereocenters. The maximum Gasteiger partial charge on any atom is 0.270 e. The normalized spacial score (nSPS) is 30.0. The molecule has 5 aliphatic rings. The summed E-state index contributed by atoms with van der Waals surface area (Å²) in [5.41, 5.74) is 1.32. The van der Waals surface area contributed by atoms with Gasteiger partial charge in [0.1, 0.15) is 11.7 Å². The number of anilines is 1. The molecule has 3 N–H and O–H groups in total. The van der Waals surface area contributed by atoms with Gasteiger partial charge in [0, 0.05) is 32.1 Å². The lowest BCUT2D eigenvalue weighted by Gasteiger charge is -2.39. The average Bonchev–Trinajstić information content (AvgIpc) is 3.77. The van der Waals surface area contributed by atoms with Gasteiger partial charge < -0.3 is 20.7 Å². The standard InChI is InChI=1S/C34H45N5O4/c1-33(10-4-11-33)19-35-32(42)34(12-14-43-20-34)25-5-3-6-26(18-25)37-31(41)29(38-30(40)27-9-13-36-39(27)2)28(21-7-8-21)24-16-22-15-23(22)17-24/h3,5-6,9,13,18,21-24,28-29H,4,7-8,10-12,14-17,19-20H2,1-2H3,(H,35,42)(H,37,41)(H,38,40)/t22?,23?,24?,28?,29-,34?/m0/s1. The molecule has 5 atom stereocenters. The zero-order valence-electron chi connectivity index (χ0n) is 25.4. The maximum atomic E-state index is 14.2. The largest absolute Gasteiger partial charge is 0.380 e. The molecule has 2 heterocycles. The van der Waals surface area contributed by atoms with E-state index in [2.05, 4.69) is 28.0 Å². The molecule has 4 saturated carbocycles. The van der Waals surface area contributed by atoms with Crippen LogP contribution in [-0.4, -0.2) is 53.3 Å². The Kier molecular flexibility index (Phi) is 7.35. The Balaban J connectivity index is 1.12. The van der Waals surface area contributed by atoms with Gasteiger partial charge in [-0.2, -0.15) is 5.10 Å². The molecule has 3 amide bonds. The smallest absolute Gasteiger partial charge is 0.270 e. The number of benzene rings is 1. The molecule has 230 valence electrons. The molecule has 5 fully saturated rings. The van der Waals surface area contributed by atoms with E-state index >= 15 is 0 Å². The number of ether oxygens (including phenoxy) is 1. The minimum atomic E-state index is -0.782. The van der Waals surface area contributed by atoms with E-state index in [-0.39, 0.29) is 29.1 Å². The van der Waals surface area contributed by atoms with E-state index in [1.54, 1.807) is 24.0 Å². The van der Waals surface area contributed by atoms with Crippen molar-refractivity contribution in [1.29, 1.82) is 0 Å². The zero-order valence-corrected chi connectivity index (χ0v) is 25.4. The predicted molar refractivity (Wildman–Crippen MR) is 162 cm³/mol. The minimum absolute atomic E-state index is 0.00323. The van der Waals surface area contributed by atoms with E-state index < -0.39 is 11.5 Å². The summed E-state index contributed by atoms with van der Waals surface area (Å²) in [6.45, 7) is 3.76. The van der Waals surface area contributed by atoms with E-state index in [0.29, 0.717) is 49.4 Å². The minimum Gasteiger partial charge on any atom is -0.380 e. The van der Waals surface area contributed by atoms with Crippen LogP contribution in [0.1, 0.15) is 80.8 Å². The van der Waals surface area contributed by atoms with Crippen LogP contribution in [0.25, 0.3) is 0 Å².